The average molecular weight is 407 g/mol. The Morgan fingerprint density at radius 1 is 1.10 bits per heavy atom. The molecule has 0 radical (unpaired) electrons. The van der Waals surface area contributed by atoms with Crippen molar-refractivity contribution in [3.05, 3.63) is 65.9 Å². The fourth-order valence-corrected chi connectivity index (χ4v) is 3.60. The fourth-order valence-electron chi connectivity index (χ4n) is 2.67. The second kappa shape index (κ2) is 8.15. The van der Waals surface area contributed by atoms with Crippen molar-refractivity contribution in [2.24, 2.45) is 5.10 Å². The van der Waals surface area contributed by atoms with Gasteiger partial charge in [-0.05, 0) is 36.4 Å². The second-order valence-electron chi connectivity index (χ2n) is 5.99. The molecule has 0 fully saturated rings. The van der Waals surface area contributed by atoms with Crippen LogP contribution >= 0.6 is 11.3 Å². The molecule has 0 bridgehead atoms. The number of thiazole rings is 1. The lowest BCUT2D eigenvalue weighted by Gasteiger charge is -2.07. The predicted octanol–water partition coefficient (Wildman–Crippen LogP) is 4.34. The molecule has 0 aliphatic carbocycles. The number of rotatable bonds is 6. The lowest BCUT2D eigenvalue weighted by molar-refractivity contribution is 0.0954. The molecule has 4 rings (SSSR count). The van der Waals surface area contributed by atoms with Crippen molar-refractivity contribution in [2.75, 3.05) is 14.2 Å². The number of carbonyl (C=O) groups excluding carboxylic acids is 1. The van der Waals surface area contributed by atoms with Crippen LogP contribution in [0.5, 0.6) is 11.5 Å². The number of methoxy groups -OCH3 is 2. The summed E-state index contributed by atoms with van der Waals surface area (Å²) in [7, 11) is 3.04. The third kappa shape index (κ3) is 4.12. The normalized spacial score (nSPS) is 11.1. The Hall–Kier alpha value is -3.65. The Morgan fingerprint density at radius 3 is 2.59 bits per heavy atom. The SMILES string of the molecule is COc1cc(OC)cc(C(=O)N/N=C\c2ccc(-c3nc4ccccc4s3)o2)c1. The molecule has 0 saturated heterocycles. The summed E-state index contributed by atoms with van der Waals surface area (Å²) < 4.78 is 17.2. The molecule has 0 aliphatic rings. The molecular formula is C21H17N3O4S. The molecule has 0 aliphatic heterocycles. The van der Waals surface area contributed by atoms with Crippen molar-refractivity contribution in [1.82, 2.24) is 10.4 Å². The van der Waals surface area contributed by atoms with E-state index in [-0.39, 0.29) is 0 Å². The molecule has 0 saturated carbocycles. The van der Waals surface area contributed by atoms with Gasteiger partial charge < -0.3 is 13.9 Å². The Labute approximate surface area is 170 Å². The number of aromatic nitrogens is 1. The van der Waals surface area contributed by atoms with Gasteiger partial charge in [-0.15, -0.1) is 11.3 Å². The van der Waals surface area contributed by atoms with E-state index in [0.29, 0.717) is 28.6 Å². The molecule has 1 N–H and O–H groups in total. The van der Waals surface area contributed by atoms with Crippen molar-refractivity contribution in [2.45, 2.75) is 0 Å². The minimum Gasteiger partial charge on any atom is -0.497 e. The molecule has 1 amide bonds. The molecule has 2 heterocycles. The molecule has 146 valence electrons. The van der Waals surface area contributed by atoms with E-state index < -0.39 is 5.91 Å². The summed E-state index contributed by atoms with van der Waals surface area (Å²) in [5.41, 5.74) is 3.77. The molecule has 2 aromatic carbocycles. The minimum atomic E-state index is -0.392. The Kier molecular flexibility index (Phi) is 5.26. The molecule has 7 nitrogen and oxygen atoms in total. The number of hydrazone groups is 1. The zero-order chi connectivity index (χ0) is 20.2. The smallest absolute Gasteiger partial charge is 0.271 e. The minimum absolute atomic E-state index is 0.368. The number of ether oxygens (including phenoxy) is 2. The van der Waals surface area contributed by atoms with Crippen LogP contribution in [-0.4, -0.2) is 31.3 Å². The zero-order valence-electron chi connectivity index (χ0n) is 15.7. The molecule has 29 heavy (non-hydrogen) atoms. The van der Waals surface area contributed by atoms with Crippen LogP contribution in [-0.2, 0) is 0 Å². The van der Waals surface area contributed by atoms with Gasteiger partial charge in [0.2, 0.25) is 0 Å². The van der Waals surface area contributed by atoms with Gasteiger partial charge in [-0.1, -0.05) is 12.1 Å². The first kappa shape index (κ1) is 18.7. The number of hydrogen-bond donors (Lipinski definition) is 1. The van der Waals surface area contributed by atoms with Gasteiger partial charge in [-0.2, -0.15) is 5.10 Å². The number of benzene rings is 2. The van der Waals surface area contributed by atoms with Crippen molar-refractivity contribution in [3.8, 4) is 22.3 Å². The van der Waals surface area contributed by atoms with Crippen LogP contribution in [0, 0.1) is 0 Å². The number of furan rings is 1. The Morgan fingerprint density at radius 2 is 1.86 bits per heavy atom. The molecular weight excluding hydrogens is 390 g/mol. The van der Waals surface area contributed by atoms with Crippen molar-refractivity contribution < 1.29 is 18.7 Å². The topological polar surface area (TPSA) is 86.0 Å². The molecule has 0 unspecified atom stereocenters. The maximum absolute atomic E-state index is 12.3. The highest BCUT2D eigenvalue weighted by Crippen LogP contribution is 2.30. The highest BCUT2D eigenvalue weighted by molar-refractivity contribution is 7.21. The van der Waals surface area contributed by atoms with Crippen LogP contribution in [0.25, 0.3) is 21.0 Å². The molecule has 0 spiro atoms. The predicted molar refractivity (Wildman–Crippen MR) is 112 cm³/mol. The number of fused-ring (bicyclic) bond motifs is 1. The molecule has 8 heteroatoms. The van der Waals surface area contributed by atoms with Crippen LogP contribution in [0.2, 0.25) is 0 Å². The maximum Gasteiger partial charge on any atom is 0.271 e. The first-order valence-electron chi connectivity index (χ1n) is 8.68. The van der Waals surface area contributed by atoms with Crippen molar-refractivity contribution >= 4 is 33.7 Å². The summed E-state index contributed by atoms with van der Waals surface area (Å²) in [5.74, 6) is 1.80. The first-order chi connectivity index (χ1) is 14.2. The van der Waals surface area contributed by atoms with E-state index in [1.54, 1.807) is 35.6 Å². The monoisotopic (exact) mass is 407 g/mol. The standard InChI is InChI=1S/C21H17N3O4S/c1-26-15-9-13(10-16(11-15)27-2)20(25)24-22-12-14-7-8-18(28-14)21-23-17-5-3-4-6-19(17)29-21/h3-12H,1-2H3,(H,24,25)/b22-12-. The lowest BCUT2D eigenvalue weighted by Crippen LogP contribution is -2.17. The summed E-state index contributed by atoms with van der Waals surface area (Å²) >= 11 is 1.55. The van der Waals surface area contributed by atoms with Crippen molar-refractivity contribution in [3.63, 3.8) is 0 Å². The number of amides is 1. The number of para-hydroxylation sites is 1. The van der Waals surface area contributed by atoms with Crippen LogP contribution in [0.4, 0.5) is 0 Å². The van der Waals surface area contributed by atoms with E-state index in [1.165, 1.54) is 20.4 Å². The van der Waals surface area contributed by atoms with Crippen molar-refractivity contribution in [1.29, 1.82) is 0 Å². The van der Waals surface area contributed by atoms with Crippen LogP contribution in [0.15, 0.2) is 64.1 Å². The zero-order valence-corrected chi connectivity index (χ0v) is 16.5. The Balaban J connectivity index is 1.45. The van der Waals surface area contributed by atoms with Gasteiger partial charge in [0.15, 0.2) is 10.8 Å². The van der Waals surface area contributed by atoms with Crippen LogP contribution in [0.1, 0.15) is 16.1 Å². The summed E-state index contributed by atoms with van der Waals surface area (Å²) in [4.78, 5) is 16.9. The summed E-state index contributed by atoms with van der Waals surface area (Å²) in [6.07, 6.45) is 1.44. The summed E-state index contributed by atoms with van der Waals surface area (Å²) in [6, 6.07) is 16.4. The number of nitrogens with one attached hydrogen (secondary N) is 1. The first-order valence-corrected chi connectivity index (χ1v) is 9.50. The lowest BCUT2D eigenvalue weighted by atomic mass is 10.2. The number of nitrogens with zero attached hydrogens (tertiary/aromatic N) is 2. The highest BCUT2D eigenvalue weighted by atomic mass is 32.1. The summed E-state index contributed by atoms with van der Waals surface area (Å²) in [5, 5.41) is 4.75. The van der Waals surface area contributed by atoms with Gasteiger partial charge in [0.1, 0.15) is 17.3 Å². The van der Waals surface area contributed by atoms with Gasteiger partial charge in [-0.3, -0.25) is 4.79 Å². The van der Waals surface area contributed by atoms with Crippen LogP contribution < -0.4 is 14.9 Å². The quantitative estimate of drug-likeness (QED) is 0.380. The van der Waals surface area contributed by atoms with Gasteiger partial charge >= 0.3 is 0 Å². The molecule has 0 atom stereocenters. The maximum atomic E-state index is 12.3. The van der Waals surface area contributed by atoms with Gasteiger partial charge in [0.05, 0.1) is 30.7 Å². The average Bonchev–Trinajstić information content (AvgIpc) is 3.40. The van der Waals surface area contributed by atoms with E-state index in [1.807, 2.05) is 30.3 Å². The largest absolute Gasteiger partial charge is 0.497 e. The fraction of sp³-hybridized carbons (Fsp3) is 0.0952. The second-order valence-corrected chi connectivity index (χ2v) is 7.02. The highest BCUT2D eigenvalue weighted by Gasteiger charge is 2.11. The van der Waals surface area contributed by atoms with Gasteiger partial charge in [0.25, 0.3) is 5.91 Å². The van der Waals surface area contributed by atoms with Gasteiger partial charge in [0, 0.05) is 11.6 Å². The third-order valence-corrected chi connectivity index (χ3v) is 5.15. The van der Waals surface area contributed by atoms with Gasteiger partial charge in [-0.25, -0.2) is 10.4 Å². The van der Waals surface area contributed by atoms with E-state index in [2.05, 4.69) is 15.5 Å². The third-order valence-electron chi connectivity index (χ3n) is 4.10. The van der Waals surface area contributed by atoms with E-state index in [4.69, 9.17) is 13.9 Å². The number of carbonyl (C=O) groups is 1. The van der Waals surface area contributed by atoms with E-state index in [9.17, 15) is 4.79 Å². The van der Waals surface area contributed by atoms with E-state index in [0.717, 1.165) is 15.2 Å². The van der Waals surface area contributed by atoms with Crippen LogP contribution in [0.3, 0.4) is 0 Å². The number of hydrogen-bond acceptors (Lipinski definition) is 7. The Bertz CT molecular complexity index is 1140. The van der Waals surface area contributed by atoms with E-state index >= 15 is 0 Å². The molecule has 4 aromatic rings. The summed E-state index contributed by atoms with van der Waals surface area (Å²) in [6.45, 7) is 0. The molecule has 2 aromatic heterocycles.